The highest BCUT2D eigenvalue weighted by atomic mass is 16.3. The van der Waals surface area contributed by atoms with Crippen molar-refractivity contribution in [2.45, 2.75) is 13.3 Å². The van der Waals surface area contributed by atoms with E-state index in [2.05, 4.69) is 6.92 Å². The summed E-state index contributed by atoms with van der Waals surface area (Å²) < 4.78 is 0. The smallest absolute Gasteiger partial charge is 0.0647 e. The van der Waals surface area contributed by atoms with E-state index >= 15 is 0 Å². The van der Waals surface area contributed by atoms with Crippen molar-refractivity contribution in [2.75, 3.05) is 6.61 Å². The number of nitrogens with two attached hydrogens (primary N) is 1. The lowest BCUT2D eigenvalue weighted by atomic mass is 9.92. The predicted octanol–water partition coefficient (Wildman–Crippen LogP) is 0.788. The maximum absolute atomic E-state index is 8.81. The molecule has 1 aliphatic carbocycles. The van der Waals surface area contributed by atoms with Crippen molar-refractivity contribution in [2.24, 2.45) is 11.7 Å². The fourth-order valence-electron chi connectivity index (χ4n) is 1.14. The van der Waals surface area contributed by atoms with Crippen LogP contribution in [0, 0.1) is 5.92 Å². The summed E-state index contributed by atoms with van der Waals surface area (Å²) >= 11 is 0. The maximum Gasteiger partial charge on any atom is 0.0647 e. The van der Waals surface area contributed by atoms with E-state index in [0.29, 0.717) is 5.92 Å². The number of hydrogen-bond donors (Lipinski definition) is 2. The molecule has 0 spiro atoms. The second-order valence-electron chi connectivity index (χ2n) is 2.75. The van der Waals surface area contributed by atoms with Crippen molar-refractivity contribution < 1.29 is 5.11 Å². The van der Waals surface area contributed by atoms with Crippen LogP contribution >= 0.6 is 0 Å². The third kappa shape index (κ3) is 1.39. The Morgan fingerprint density at radius 1 is 1.70 bits per heavy atom. The van der Waals surface area contributed by atoms with Gasteiger partial charge in [-0.1, -0.05) is 13.0 Å². The van der Waals surface area contributed by atoms with Gasteiger partial charge in [0.1, 0.15) is 0 Å². The Hall–Kier alpha value is -0.760. The van der Waals surface area contributed by atoms with Gasteiger partial charge in [0, 0.05) is 5.70 Å². The van der Waals surface area contributed by atoms with E-state index in [4.69, 9.17) is 10.8 Å². The lowest BCUT2D eigenvalue weighted by molar-refractivity contribution is 0.315. The van der Waals surface area contributed by atoms with Gasteiger partial charge in [-0.25, -0.2) is 0 Å². The number of aliphatic hydroxyl groups is 1. The molecule has 10 heavy (non-hydrogen) atoms. The van der Waals surface area contributed by atoms with Gasteiger partial charge in [-0.05, 0) is 24.0 Å². The Labute approximate surface area is 61.0 Å². The lowest BCUT2D eigenvalue weighted by Gasteiger charge is -2.17. The number of aliphatic hydroxyl groups excluding tert-OH is 1. The fraction of sp³-hybridized carbons (Fsp3) is 0.500. The first-order valence-corrected chi connectivity index (χ1v) is 3.50. The second kappa shape index (κ2) is 2.88. The van der Waals surface area contributed by atoms with Gasteiger partial charge in [0.2, 0.25) is 0 Å². The summed E-state index contributed by atoms with van der Waals surface area (Å²) in [7, 11) is 0. The highest BCUT2D eigenvalue weighted by Gasteiger charge is 2.11. The third-order valence-electron chi connectivity index (χ3n) is 1.87. The van der Waals surface area contributed by atoms with Gasteiger partial charge in [-0.2, -0.15) is 0 Å². The minimum absolute atomic E-state index is 0.158. The summed E-state index contributed by atoms with van der Waals surface area (Å²) in [4.78, 5) is 0. The Morgan fingerprint density at radius 2 is 2.40 bits per heavy atom. The zero-order valence-corrected chi connectivity index (χ0v) is 6.17. The predicted molar refractivity (Wildman–Crippen MR) is 41.2 cm³/mol. The molecule has 0 saturated carbocycles. The number of rotatable bonds is 1. The Kier molecular flexibility index (Phi) is 2.12. The third-order valence-corrected chi connectivity index (χ3v) is 1.87. The van der Waals surface area contributed by atoms with Crippen LogP contribution in [0.1, 0.15) is 13.3 Å². The molecule has 0 aromatic carbocycles. The Balaban J connectivity index is 2.71. The summed E-state index contributed by atoms with van der Waals surface area (Å²) in [6.45, 7) is 2.23. The monoisotopic (exact) mass is 139 g/mol. The Bertz CT molecular complexity index is 182. The van der Waals surface area contributed by atoms with Gasteiger partial charge in [-0.15, -0.1) is 0 Å². The molecule has 1 aliphatic rings. The van der Waals surface area contributed by atoms with E-state index in [-0.39, 0.29) is 6.61 Å². The molecule has 1 rings (SSSR count). The average molecular weight is 139 g/mol. The molecule has 0 aromatic heterocycles. The van der Waals surface area contributed by atoms with Crippen LogP contribution in [0.4, 0.5) is 0 Å². The minimum atomic E-state index is 0.158. The first-order chi connectivity index (χ1) is 4.74. The Morgan fingerprint density at radius 3 is 2.90 bits per heavy atom. The van der Waals surface area contributed by atoms with E-state index in [1.54, 1.807) is 0 Å². The summed E-state index contributed by atoms with van der Waals surface area (Å²) in [5, 5.41) is 8.81. The van der Waals surface area contributed by atoms with Crippen LogP contribution in [0.25, 0.3) is 0 Å². The van der Waals surface area contributed by atoms with Crippen LogP contribution in [-0.2, 0) is 0 Å². The molecule has 0 amide bonds. The topological polar surface area (TPSA) is 46.2 Å². The van der Waals surface area contributed by atoms with E-state index in [0.717, 1.165) is 17.7 Å². The van der Waals surface area contributed by atoms with Crippen molar-refractivity contribution in [1.82, 2.24) is 0 Å². The molecule has 0 aromatic rings. The van der Waals surface area contributed by atoms with Crippen LogP contribution in [0.3, 0.4) is 0 Å². The molecule has 1 unspecified atom stereocenters. The highest BCUT2D eigenvalue weighted by molar-refractivity contribution is 5.24. The van der Waals surface area contributed by atoms with Gasteiger partial charge < -0.3 is 10.8 Å². The summed E-state index contributed by atoms with van der Waals surface area (Å²) in [5.74, 6) is 0.412. The van der Waals surface area contributed by atoms with E-state index in [1.165, 1.54) is 0 Å². The van der Waals surface area contributed by atoms with Gasteiger partial charge >= 0.3 is 0 Å². The quantitative estimate of drug-likeness (QED) is 0.564. The highest BCUT2D eigenvalue weighted by Crippen LogP contribution is 2.21. The second-order valence-corrected chi connectivity index (χ2v) is 2.75. The standard InChI is InChI=1S/C8H13NO/c1-6-4-8(9)3-2-7(6)5-10/h2-3,6,10H,4-5,9H2,1H3. The molecule has 0 fully saturated rings. The van der Waals surface area contributed by atoms with Gasteiger partial charge in [0.05, 0.1) is 6.61 Å². The van der Waals surface area contributed by atoms with Gasteiger partial charge in [0.15, 0.2) is 0 Å². The zero-order chi connectivity index (χ0) is 7.56. The van der Waals surface area contributed by atoms with Crippen molar-refractivity contribution in [3.63, 3.8) is 0 Å². The molecule has 3 N–H and O–H groups in total. The molecule has 0 aliphatic heterocycles. The first-order valence-electron chi connectivity index (χ1n) is 3.50. The van der Waals surface area contributed by atoms with Gasteiger partial charge in [-0.3, -0.25) is 0 Å². The van der Waals surface area contributed by atoms with Crippen LogP contribution in [0.15, 0.2) is 23.4 Å². The molecular formula is C8H13NO. The first kappa shape index (κ1) is 7.35. The van der Waals surface area contributed by atoms with Crippen molar-refractivity contribution in [1.29, 1.82) is 0 Å². The maximum atomic E-state index is 8.81. The van der Waals surface area contributed by atoms with E-state index < -0.39 is 0 Å². The van der Waals surface area contributed by atoms with Gasteiger partial charge in [0.25, 0.3) is 0 Å². The van der Waals surface area contributed by atoms with E-state index in [9.17, 15) is 0 Å². The minimum Gasteiger partial charge on any atom is -0.402 e. The molecule has 56 valence electrons. The molecule has 0 heterocycles. The average Bonchev–Trinajstić information content (AvgIpc) is 1.88. The summed E-state index contributed by atoms with van der Waals surface area (Å²) in [6, 6.07) is 0. The molecule has 1 atom stereocenters. The molecular weight excluding hydrogens is 126 g/mol. The zero-order valence-electron chi connectivity index (χ0n) is 6.17. The molecule has 0 radical (unpaired) electrons. The van der Waals surface area contributed by atoms with Crippen LogP contribution in [0.5, 0.6) is 0 Å². The normalized spacial score (nSPS) is 25.6. The number of allylic oxidation sites excluding steroid dienone is 3. The fourth-order valence-corrected chi connectivity index (χ4v) is 1.14. The molecule has 0 bridgehead atoms. The van der Waals surface area contributed by atoms with Crippen molar-refractivity contribution >= 4 is 0 Å². The number of hydrogen-bond acceptors (Lipinski definition) is 2. The summed E-state index contributed by atoms with van der Waals surface area (Å²) in [5.41, 5.74) is 7.56. The van der Waals surface area contributed by atoms with Crippen LogP contribution < -0.4 is 5.73 Å². The SMILES string of the molecule is CC1CC(N)=CC=C1CO. The van der Waals surface area contributed by atoms with Crippen molar-refractivity contribution in [3.8, 4) is 0 Å². The lowest BCUT2D eigenvalue weighted by Crippen LogP contribution is -2.12. The molecule has 0 saturated heterocycles. The van der Waals surface area contributed by atoms with Crippen LogP contribution in [0.2, 0.25) is 0 Å². The largest absolute Gasteiger partial charge is 0.402 e. The molecule has 2 heteroatoms. The van der Waals surface area contributed by atoms with E-state index in [1.807, 2.05) is 12.2 Å². The summed E-state index contributed by atoms with van der Waals surface area (Å²) in [6.07, 6.45) is 4.65. The van der Waals surface area contributed by atoms with Crippen molar-refractivity contribution in [3.05, 3.63) is 23.4 Å². The molecule has 2 nitrogen and oxygen atoms in total. The van der Waals surface area contributed by atoms with Crippen LogP contribution in [-0.4, -0.2) is 11.7 Å².